The second-order valence-electron chi connectivity index (χ2n) is 11.5. The Labute approximate surface area is 251 Å². The molecule has 1 atom stereocenters. The highest BCUT2D eigenvalue weighted by Gasteiger charge is 2.36. The second-order valence-corrected chi connectivity index (χ2v) is 12.5. The van der Waals surface area contributed by atoms with Crippen LogP contribution in [0.5, 0.6) is 5.75 Å². The van der Waals surface area contributed by atoms with E-state index in [-0.39, 0.29) is 35.8 Å². The molecule has 1 N–H and O–H groups in total. The van der Waals surface area contributed by atoms with E-state index in [1.165, 1.54) is 42.2 Å². The molecule has 1 aliphatic rings. The van der Waals surface area contributed by atoms with Crippen molar-refractivity contribution in [3.05, 3.63) is 68.7 Å². The first-order valence-corrected chi connectivity index (χ1v) is 15.1. The molecule has 0 amide bonds. The van der Waals surface area contributed by atoms with Crippen LogP contribution >= 0.6 is 11.3 Å². The molecule has 1 aromatic carbocycles. The summed E-state index contributed by atoms with van der Waals surface area (Å²) in [5.74, 6) is -0.264. The van der Waals surface area contributed by atoms with Gasteiger partial charge in [-0.15, -0.1) is 11.3 Å². The molecule has 0 saturated heterocycles. The summed E-state index contributed by atoms with van der Waals surface area (Å²) in [6.07, 6.45) is 3.72. The Kier molecular flexibility index (Phi) is 8.44. The summed E-state index contributed by atoms with van der Waals surface area (Å²) in [6, 6.07) is 7.40. The van der Waals surface area contributed by atoms with Crippen LogP contribution in [0.15, 0.2) is 50.7 Å². The third-order valence-corrected chi connectivity index (χ3v) is 9.05. The number of aliphatic carboxylic acids is 1. The van der Waals surface area contributed by atoms with E-state index in [1.807, 2.05) is 38.1 Å². The molecule has 4 aromatic rings. The number of para-hydroxylation sites is 1. The number of nitrogens with zero attached hydrogens (tertiary/aromatic N) is 3. The summed E-state index contributed by atoms with van der Waals surface area (Å²) in [4.78, 5) is 57.6. The molecule has 3 aromatic heterocycles. The summed E-state index contributed by atoms with van der Waals surface area (Å²) < 4.78 is 20.5. The molecule has 12 heteroatoms. The van der Waals surface area contributed by atoms with Crippen LogP contribution in [0.2, 0.25) is 0 Å². The maximum atomic E-state index is 14.2. The number of carbonyl (C=O) groups is 2. The van der Waals surface area contributed by atoms with Crippen LogP contribution in [-0.4, -0.2) is 43.2 Å². The van der Waals surface area contributed by atoms with E-state index in [4.69, 9.17) is 13.9 Å². The van der Waals surface area contributed by atoms with Crippen LogP contribution in [0.1, 0.15) is 70.6 Å². The molecule has 0 radical (unpaired) electrons. The zero-order valence-corrected chi connectivity index (χ0v) is 25.6. The van der Waals surface area contributed by atoms with Crippen LogP contribution in [0.25, 0.3) is 21.0 Å². The molecule has 1 unspecified atom stereocenters. The van der Waals surface area contributed by atoms with Gasteiger partial charge in [0.1, 0.15) is 34.3 Å². The number of ketones is 1. The Morgan fingerprint density at radius 3 is 2.51 bits per heavy atom. The largest absolute Gasteiger partial charge is 0.491 e. The van der Waals surface area contributed by atoms with Crippen molar-refractivity contribution in [3.63, 3.8) is 0 Å². The normalized spacial score (nSPS) is 15.3. The highest BCUT2D eigenvalue weighted by atomic mass is 32.1. The monoisotopic (exact) mass is 609 g/mol. The number of hydrogen-bond donors (Lipinski definition) is 1. The minimum atomic E-state index is -1.85. The van der Waals surface area contributed by atoms with Gasteiger partial charge < -0.3 is 19.0 Å². The molecule has 0 bridgehead atoms. The van der Waals surface area contributed by atoms with Gasteiger partial charge in [-0.05, 0) is 59.1 Å². The van der Waals surface area contributed by atoms with Gasteiger partial charge in [0.2, 0.25) is 5.89 Å². The first-order valence-electron chi connectivity index (χ1n) is 14.3. The third kappa shape index (κ3) is 5.81. The van der Waals surface area contributed by atoms with E-state index in [0.29, 0.717) is 52.3 Å². The fourth-order valence-corrected chi connectivity index (χ4v) is 6.65. The predicted octanol–water partition coefficient (Wildman–Crippen LogP) is 5.06. The SMILES string of the molecule is Cc1c(-c2ncco2)sc2c1c(=O)n(C(C)(C)C(=O)O)c(=O)n2CC(OC1CCC(=O)CC1)c1ccccc1OC(C)C. The molecule has 228 valence electrons. The van der Waals surface area contributed by atoms with Crippen molar-refractivity contribution >= 4 is 33.3 Å². The van der Waals surface area contributed by atoms with Gasteiger partial charge in [-0.25, -0.2) is 19.1 Å². The highest BCUT2D eigenvalue weighted by molar-refractivity contribution is 7.22. The lowest BCUT2D eigenvalue weighted by Gasteiger charge is -2.30. The fourth-order valence-electron chi connectivity index (χ4n) is 5.41. The number of aromatic nitrogens is 3. The predicted molar refractivity (Wildman–Crippen MR) is 161 cm³/mol. The van der Waals surface area contributed by atoms with E-state index in [2.05, 4.69) is 4.98 Å². The Morgan fingerprint density at radius 2 is 1.88 bits per heavy atom. The molecule has 11 nitrogen and oxygen atoms in total. The Hall–Kier alpha value is -4.03. The number of aryl methyl sites for hydroxylation is 1. The topological polar surface area (TPSA) is 143 Å². The van der Waals surface area contributed by atoms with Gasteiger partial charge >= 0.3 is 11.7 Å². The highest BCUT2D eigenvalue weighted by Crippen LogP contribution is 2.38. The van der Waals surface area contributed by atoms with Crippen LogP contribution in [0.4, 0.5) is 0 Å². The number of benzene rings is 1. The number of rotatable bonds is 10. The smallest absolute Gasteiger partial charge is 0.333 e. The molecule has 1 aliphatic carbocycles. The number of carboxylic acid groups (broad SMARTS) is 1. The quantitative estimate of drug-likeness (QED) is 0.261. The van der Waals surface area contributed by atoms with Gasteiger partial charge in [0.15, 0.2) is 0 Å². The minimum absolute atomic E-state index is 0.0425. The summed E-state index contributed by atoms with van der Waals surface area (Å²) in [5.41, 5.74) is -2.10. The number of ether oxygens (including phenoxy) is 2. The Bertz CT molecular complexity index is 1770. The molecule has 0 spiro atoms. The zero-order chi connectivity index (χ0) is 31.1. The van der Waals surface area contributed by atoms with Crippen molar-refractivity contribution in [2.75, 3.05) is 0 Å². The zero-order valence-electron chi connectivity index (χ0n) is 24.8. The van der Waals surface area contributed by atoms with Crippen LogP contribution in [0, 0.1) is 6.92 Å². The van der Waals surface area contributed by atoms with Gasteiger partial charge in [0.05, 0.1) is 35.2 Å². The van der Waals surface area contributed by atoms with Crippen molar-refractivity contribution in [2.45, 2.75) is 90.7 Å². The van der Waals surface area contributed by atoms with Gasteiger partial charge in [0, 0.05) is 18.4 Å². The molecule has 3 heterocycles. The number of carboxylic acids is 1. The lowest BCUT2D eigenvalue weighted by atomic mass is 9.96. The number of thiophene rings is 1. The second kappa shape index (κ2) is 11.9. The third-order valence-electron chi connectivity index (χ3n) is 7.75. The molecule has 0 aliphatic heterocycles. The van der Waals surface area contributed by atoms with E-state index in [0.717, 1.165) is 4.57 Å². The maximum Gasteiger partial charge on any atom is 0.333 e. The van der Waals surface area contributed by atoms with Gasteiger partial charge in [-0.2, -0.15) is 0 Å². The first-order chi connectivity index (χ1) is 20.4. The molecule has 1 saturated carbocycles. The molecule has 43 heavy (non-hydrogen) atoms. The van der Waals surface area contributed by atoms with Crippen molar-refractivity contribution in [1.29, 1.82) is 0 Å². The molecular weight excluding hydrogens is 574 g/mol. The average Bonchev–Trinajstić information content (AvgIpc) is 3.59. The minimum Gasteiger partial charge on any atom is -0.491 e. The van der Waals surface area contributed by atoms with E-state index in [9.17, 15) is 24.3 Å². The molecular formula is C31H35N3O8S. The number of oxazole rings is 1. The number of carbonyl (C=O) groups excluding carboxylic acids is 1. The van der Waals surface area contributed by atoms with Crippen molar-refractivity contribution < 1.29 is 28.6 Å². The first kappa shape index (κ1) is 30.4. The van der Waals surface area contributed by atoms with Gasteiger partial charge in [-0.1, -0.05) is 18.2 Å². The number of Topliss-reactive ketones (excluding diaryl/α,β-unsaturated/α-hetero) is 1. The summed E-state index contributed by atoms with van der Waals surface area (Å²) in [7, 11) is 0. The van der Waals surface area contributed by atoms with E-state index >= 15 is 0 Å². The lowest BCUT2D eigenvalue weighted by molar-refractivity contribution is -0.146. The maximum absolute atomic E-state index is 14.2. The van der Waals surface area contributed by atoms with Crippen LogP contribution < -0.4 is 16.0 Å². The molecule has 5 rings (SSSR count). The van der Waals surface area contributed by atoms with E-state index in [1.54, 1.807) is 6.92 Å². The van der Waals surface area contributed by atoms with E-state index < -0.39 is 28.9 Å². The van der Waals surface area contributed by atoms with Gasteiger partial charge in [-0.3, -0.25) is 14.2 Å². The molecule has 1 fully saturated rings. The summed E-state index contributed by atoms with van der Waals surface area (Å²) in [6.45, 7) is 8.16. The standard InChI is InChI=1S/C31H35N3O8S/c1-17(2)41-22-9-7-6-8-21(22)23(42-20-12-10-19(35)11-13-20)16-33-28-24(18(3)25(43-28)26-32-14-15-40-26)27(36)34(30(33)39)31(4,5)29(37)38/h6-9,14-15,17,20,23H,10-13,16H2,1-5H3,(H,37,38). The van der Waals surface area contributed by atoms with Crippen molar-refractivity contribution in [1.82, 2.24) is 14.1 Å². The van der Waals surface area contributed by atoms with Crippen molar-refractivity contribution in [3.8, 4) is 16.5 Å². The Balaban J connectivity index is 1.74. The van der Waals surface area contributed by atoms with Crippen molar-refractivity contribution in [2.24, 2.45) is 0 Å². The number of fused-ring (bicyclic) bond motifs is 1. The van der Waals surface area contributed by atoms with Gasteiger partial charge in [0.25, 0.3) is 5.56 Å². The van der Waals surface area contributed by atoms with Crippen LogP contribution in [0.3, 0.4) is 0 Å². The lowest BCUT2D eigenvalue weighted by Crippen LogP contribution is -2.52. The fraction of sp³-hybridized carbons (Fsp3) is 0.452. The summed E-state index contributed by atoms with van der Waals surface area (Å²) >= 11 is 1.18. The van der Waals surface area contributed by atoms with Crippen LogP contribution in [-0.2, 0) is 26.4 Å². The Morgan fingerprint density at radius 1 is 1.19 bits per heavy atom. The number of hydrogen-bond acceptors (Lipinski definition) is 9. The summed E-state index contributed by atoms with van der Waals surface area (Å²) in [5, 5.41) is 10.3. The average molecular weight is 610 g/mol.